The number of nitrogen functional groups attached to an aromatic ring is 2. The summed E-state index contributed by atoms with van der Waals surface area (Å²) in [5.74, 6) is 0. The van der Waals surface area contributed by atoms with Crippen LogP contribution in [0.5, 0.6) is 0 Å². The summed E-state index contributed by atoms with van der Waals surface area (Å²) in [7, 11) is 0. The topological polar surface area (TPSA) is 52.0 Å². The highest BCUT2D eigenvalue weighted by atomic mass is 79.9. The molecule has 0 aliphatic carbocycles. The Labute approximate surface area is 98.5 Å². The molecule has 2 rings (SSSR count). The number of anilines is 2. The molecule has 0 bridgehead atoms. The van der Waals surface area contributed by atoms with Crippen LogP contribution in [0.15, 0.2) is 33.2 Å². The Hall–Kier alpha value is -0.740. The molecule has 2 nitrogen and oxygen atoms in total. The molecule has 0 fully saturated rings. The first-order valence-electron chi connectivity index (χ1n) is 4.03. The zero-order chi connectivity index (χ0) is 10.3. The van der Waals surface area contributed by atoms with Crippen molar-refractivity contribution in [2.75, 3.05) is 11.5 Å². The van der Waals surface area contributed by atoms with E-state index in [1.165, 1.54) is 0 Å². The minimum atomic E-state index is 0.724. The van der Waals surface area contributed by atoms with E-state index in [-0.39, 0.29) is 0 Å². The van der Waals surface area contributed by atoms with Gasteiger partial charge in [-0.2, -0.15) is 0 Å². The van der Waals surface area contributed by atoms with E-state index in [0.29, 0.717) is 0 Å². The molecule has 0 spiro atoms. The Kier molecular flexibility index (Phi) is 2.41. The Bertz CT molecular complexity index is 462. The number of benzene rings is 2. The van der Waals surface area contributed by atoms with E-state index in [1.807, 2.05) is 24.3 Å². The molecule has 2 aromatic rings. The fourth-order valence-corrected chi connectivity index (χ4v) is 2.09. The second-order valence-corrected chi connectivity index (χ2v) is 4.73. The van der Waals surface area contributed by atoms with Gasteiger partial charge in [-0.15, -0.1) is 0 Å². The summed E-state index contributed by atoms with van der Waals surface area (Å²) in [5, 5.41) is 1.94. The molecule has 72 valence electrons. The van der Waals surface area contributed by atoms with Crippen LogP contribution in [0.2, 0.25) is 0 Å². The molecule has 4 N–H and O–H groups in total. The predicted octanol–water partition coefficient (Wildman–Crippen LogP) is 3.53. The maximum absolute atomic E-state index is 5.92. The molecule has 0 saturated heterocycles. The van der Waals surface area contributed by atoms with Crippen LogP contribution < -0.4 is 11.5 Å². The monoisotopic (exact) mass is 314 g/mol. The van der Waals surface area contributed by atoms with E-state index in [4.69, 9.17) is 11.5 Å². The number of nitrogens with two attached hydrogens (primary N) is 2. The summed E-state index contributed by atoms with van der Waals surface area (Å²) in [5.41, 5.74) is 13.3. The molecule has 0 amide bonds. The van der Waals surface area contributed by atoms with Crippen molar-refractivity contribution in [1.82, 2.24) is 0 Å². The molecule has 14 heavy (non-hydrogen) atoms. The van der Waals surface area contributed by atoms with Crippen molar-refractivity contribution in [3.63, 3.8) is 0 Å². The molecule has 0 aliphatic heterocycles. The van der Waals surface area contributed by atoms with Gasteiger partial charge in [0.05, 0.1) is 11.4 Å². The lowest BCUT2D eigenvalue weighted by molar-refractivity contribution is 1.65. The number of rotatable bonds is 0. The van der Waals surface area contributed by atoms with E-state index in [9.17, 15) is 0 Å². The highest BCUT2D eigenvalue weighted by Gasteiger charge is 2.06. The van der Waals surface area contributed by atoms with Gasteiger partial charge in [-0.3, -0.25) is 0 Å². The van der Waals surface area contributed by atoms with Crippen molar-refractivity contribution in [2.45, 2.75) is 0 Å². The third-order valence-corrected chi connectivity index (χ3v) is 3.56. The van der Waals surface area contributed by atoms with Gasteiger partial charge in [0.15, 0.2) is 0 Å². The standard InChI is InChI=1S/C10H8Br2N2/c11-7-3-1-5-6(10(7)14)2-4-8(12)9(5)13/h1-4H,13-14H2. The van der Waals surface area contributed by atoms with Crippen LogP contribution in [0.4, 0.5) is 11.4 Å². The van der Waals surface area contributed by atoms with Crippen LogP contribution in [-0.4, -0.2) is 0 Å². The van der Waals surface area contributed by atoms with Crippen molar-refractivity contribution in [1.29, 1.82) is 0 Å². The molecule has 0 radical (unpaired) electrons. The molecule has 2 aromatic carbocycles. The summed E-state index contributed by atoms with van der Waals surface area (Å²) in [6.07, 6.45) is 0. The second-order valence-electron chi connectivity index (χ2n) is 3.02. The summed E-state index contributed by atoms with van der Waals surface area (Å²) >= 11 is 6.76. The van der Waals surface area contributed by atoms with Gasteiger partial charge in [0.2, 0.25) is 0 Å². The lowest BCUT2D eigenvalue weighted by Crippen LogP contribution is -1.93. The normalized spacial score (nSPS) is 10.7. The van der Waals surface area contributed by atoms with Gasteiger partial charge in [-0.1, -0.05) is 12.1 Å². The zero-order valence-electron chi connectivity index (χ0n) is 7.22. The number of halogens is 2. The average molecular weight is 316 g/mol. The van der Waals surface area contributed by atoms with E-state index in [1.54, 1.807) is 0 Å². The SMILES string of the molecule is Nc1c(Br)ccc2c(N)c(Br)ccc12. The fourth-order valence-electron chi connectivity index (χ4n) is 1.40. The molecular formula is C10H8Br2N2. The fraction of sp³-hybridized carbons (Fsp3) is 0. The van der Waals surface area contributed by atoms with Gasteiger partial charge < -0.3 is 11.5 Å². The Morgan fingerprint density at radius 1 is 0.714 bits per heavy atom. The lowest BCUT2D eigenvalue weighted by Gasteiger charge is -2.07. The van der Waals surface area contributed by atoms with Crippen molar-refractivity contribution in [2.24, 2.45) is 0 Å². The molecule has 0 atom stereocenters. The van der Waals surface area contributed by atoms with Crippen molar-refractivity contribution < 1.29 is 0 Å². The largest absolute Gasteiger partial charge is 0.397 e. The minimum Gasteiger partial charge on any atom is -0.397 e. The van der Waals surface area contributed by atoms with Crippen LogP contribution >= 0.6 is 31.9 Å². The van der Waals surface area contributed by atoms with E-state index in [2.05, 4.69) is 31.9 Å². The molecular weight excluding hydrogens is 308 g/mol. The van der Waals surface area contributed by atoms with Gasteiger partial charge in [-0.05, 0) is 44.0 Å². The average Bonchev–Trinajstić information content (AvgIpc) is 2.17. The first-order valence-corrected chi connectivity index (χ1v) is 5.61. The molecule has 0 aliphatic rings. The van der Waals surface area contributed by atoms with Crippen LogP contribution in [0.25, 0.3) is 10.8 Å². The molecule has 0 saturated carbocycles. The van der Waals surface area contributed by atoms with E-state index >= 15 is 0 Å². The van der Waals surface area contributed by atoms with Crippen LogP contribution in [0, 0.1) is 0 Å². The zero-order valence-corrected chi connectivity index (χ0v) is 10.4. The van der Waals surface area contributed by atoms with Crippen molar-refractivity contribution in [3.05, 3.63) is 33.2 Å². The van der Waals surface area contributed by atoms with Gasteiger partial charge in [0.1, 0.15) is 0 Å². The van der Waals surface area contributed by atoms with Crippen LogP contribution in [0.1, 0.15) is 0 Å². The molecule has 0 aromatic heterocycles. The maximum atomic E-state index is 5.92. The van der Waals surface area contributed by atoms with Gasteiger partial charge in [0.25, 0.3) is 0 Å². The first kappa shape index (κ1) is 9.80. The number of hydrogen-bond donors (Lipinski definition) is 2. The highest BCUT2D eigenvalue weighted by Crippen LogP contribution is 2.35. The smallest absolute Gasteiger partial charge is 0.0538 e. The van der Waals surface area contributed by atoms with Crippen LogP contribution in [-0.2, 0) is 0 Å². The van der Waals surface area contributed by atoms with Gasteiger partial charge >= 0.3 is 0 Å². The van der Waals surface area contributed by atoms with Crippen LogP contribution in [0.3, 0.4) is 0 Å². The highest BCUT2D eigenvalue weighted by molar-refractivity contribution is 9.11. The summed E-state index contributed by atoms with van der Waals surface area (Å²) in [6, 6.07) is 7.71. The van der Waals surface area contributed by atoms with E-state index < -0.39 is 0 Å². The van der Waals surface area contributed by atoms with Gasteiger partial charge in [-0.25, -0.2) is 0 Å². The predicted molar refractivity (Wildman–Crippen MR) is 68.2 cm³/mol. The first-order chi connectivity index (χ1) is 6.61. The summed E-state index contributed by atoms with van der Waals surface area (Å²) in [4.78, 5) is 0. The Morgan fingerprint density at radius 2 is 1.07 bits per heavy atom. The van der Waals surface area contributed by atoms with E-state index in [0.717, 1.165) is 31.1 Å². The maximum Gasteiger partial charge on any atom is 0.0538 e. The Balaban J connectivity index is 2.94. The third kappa shape index (κ3) is 1.38. The van der Waals surface area contributed by atoms with Crippen molar-refractivity contribution in [3.8, 4) is 0 Å². The third-order valence-electron chi connectivity index (χ3n) is 2.18. The molecule has 0 unspecified atom stereocenters. The molecule has 0 heterocycles. The lowest BCUT2D eigenvalue weighted by atomic mass is 10.1. The van der Waals surface area contributed by atoms with Gasteiger partial charge in [0, 0.05) is 19.7 Å². The summed E-state index contributed by atoms with van der Waals surface area (Å²) in [6.45, 7) is 0. The summed E-state index contributed by atoms with van der Waals surface area (Å²) < 4.78 is 1.79. The Morgan fingerprint density at radius 3 is 1.43 bits per heavy atom. The molecule has 4 heteroatoms. The minimum absolute atomic E-state index is 0.724. The van der Waals surface area contributed by atoms with Crippen molar-refractivity contribution >= 4 is 54.0 Å². The second kappa shape index (κ2) is 3.44. The number of hydrogen-bond acceptors (Lipinski definition) is 2. The quantitative estimate of drug-likeness (QED) is 0.731. The number of fused-ring (bicyclic) bond motifs is 1.